The molecule has 0 radical (unpaired) electrons. The molecule has 1 unspecified atom stereocenters. The number of rotatable bonds is 12. The van der Waals surface area contributed by atoms with E-state index < -0.39 is 17.5 Å². The third-order valence-electron chi connectivity index (χ3n) is 15.7. The molecule has 4 aromatic rings. The molecule has 1 atom stereocenters. The molecule has 4 amide bonds. The number of halogens is 1. The number of nitriles is 1. The highest BCUT2D eigenvalue weighted by molar-refractivity contribution is 6.31. The monoisotopic (exact) mass is 958 g/mol. The van der Waals surface area contributed by atoms with Crippen LogP contribution in [0.4, 0.5) is 5.69 Å². The fourth-order valence-corrected chi connectivity index (χ4v) is 12.0. The van der Waals surface area contributed by atoms with E-state index in [-0.39, 0.29) is 59.5 Å². The lowest BCUT2D eigenvalue weighted by Gasteiger charge is -2.63. The van der Waals surface area contributed by atoms with Crippen molar-refractivity contribution in [2.24, 2.45) is 22.7 Å². The minimum atomic E-state index is -0.875. The van der Waals surface area contributed by atoms with Crippen molar-refractivity contribution in [3.05, 3.63) is 92.7 Å². The van der Waals surface area contributed by atoms with E-state index in [0.717, 1.165) is 94.8 Å². The number of hydrogen-bond donors (Lipinski definition) is 2. The Morgan fingerprint density at radius 1 is 0.855 bits per heavy atom. The highest BCUT2D eigenvalue weighted by Crippen LogP contribution is 2.55. The van der Waals surface area contributed by atoms with Crippen LogP contribution in [0.5, 0.6) is 5.75 Å². The lowest BCUT2D eigenvalue weighted by Crippen LogP contribution is -2.74. The Kier molecular flexibility index (Phi) is 13.8. The first-order chi connectivity index (χ1) is 33.1. The van der Waals surface area contributed by atoms with Gasteiger partial charge >= 0.3 is 0 Å². The Bertz CT molecular complexity index is 2680. The summed E-state index contributed by atoms with van der Waals surface area (Å²) in [6, 6.07) is 19.7. The largest absolute Gasteiger partial charge is 0.489 e. The van der Waals surface area contributed by atoms with Gasteiger partial charge in [-0.3, -0.25) is 29.3 Å². The highest BCUT2D eigenvalue weighted by Gasteiger charge is 2.64. The van der Waals surface area contributed by atoms with Crippen LogP contribution in [0.1, 0.15) is 93.7 Å². The van der Waals surface area contributed by atoms with Crippen molar-refractivity contribution < 1.29 is 23.9 Å². The number of carbonyl (C=O) groups is 4. The third kappa shape index (κ3) is 10.1. The number of carbonyl (C=O) groups excluding carboxylic acids is 4. The number of aromatic nitrogens is 3. The summed E-state index contributed by atoms with van der Waals surface area (Å²) >= 11 is 6.26. The number of piperidine rings is 3. The summed E-state index contributed by atoms with van der Waals surface area (Å²) in [5, 5.41) is 23.7. The lowest BCUT2D eigenvalue weighted by atomic mass is 9.49. The summed E-state index contributed by atoms with van der Waals surface area (Å²) in [5.41, 5.74) is 2.47. The molecule has 4 saturated heterocycles. The van der Waals surface area contributed by atoms with Gasteiger partial charge in [0.25, 0.3) is 17.4 Å². The SMILES string of the molecule is CC1(C)C(NC(=O)c2ccc(CCN3CCN(CC4CCN(C(=O)C5CCN(c6ccc7nnn(C8CCC(=O)NC8=O)c(=O)c7c6)CC5)CC4)CC3)cc2)C(C)(C)C1Oc1ccc(C#N)c(Cl)c1. The van der Waals surface area contributed by atoms with E-state index in [2.05, 4.69) is 86.4 Å². The summed E-state index contributed by atoms with van der Waals surface area (Å²) in [6.45, 7) is 17.6. The van der Waals surface area contributed by atoms with Gasteiger partial charge < -0.3 is 29.7 Å². The number of imide groups is 1. The number of fused-ring (bicyclic) bond motifs is 1. The first-order valence-electron chi connectivity index (χ1n) is 24.6. The Morgan fingerprint density at radius 2 is 1.55 bits per heavy atom. The minimum absolute atomic E-state index is 0.0178. The summed E-state index contributed by atoms with van der Waals surface area (Å²) in [5.74, 6) is 0.431. The first-order valence-corrected chi connectivity index (χ1v) is 24.9. The van der Waals surface area contributed by atoms with Crippen molar-refractivity contribution >= 4 is 51.8 Å². The van der Waals surface area contributed by atoms with Gasteiger partial charge in [0.2, 0.25) is 11.8 Å². The van der Waals surface area contributed by atoms with Gasteiger partial charge in [-0.15, -0.1) is 5.10 Å². The van der Waals surface area contributed by atoms with Gasteiger partial charge in [-0.05, 0) is 92.5 Å². The zero-order chi connectivity index (χ0) is 48.6. The molecule has 0 bridgehead atoms. The molecule has 4 aliphatic heterocycles. The Labute approximate surface area is 408 Å². The van der Waals surface area contributed by atoms with Crippen molar-refractivity contribution in [3.63, 3.8) is 0 Å². The van der Waals surface area contributed by atoms with Gasteiger partial charge in [0.1, 0.15) is 29.5 Å². The number of nitrogens with zero attached hydrogens (tertiary/aromatic N) is 8. The molecule has 0 spiro atoms. The van der Waals surface area contributed by atoms with Crippen LogP contribution in [-0.2, 0) is 20.8 Å². The second-order valence-corrected chi connectivity index (χ2v) is 21.3. The number of likely N-dealkylation sites (tertiary alicyclic amines) is 1. The Balaban J connectivity index is 0.670. The molecule has 9 rings (SSSR count). The molecule has 1 saturated carbocycles. The fourth-order valence-electron chi connectivity index (χ4n) is 11.8. The molecule has 16 nitrogen and oxygen atoms in total. The van der Waals surface area contributed by atoms with Gasteiger partial charge in [0, 0.05) is 112 Å². The molecule has 5 aliphatic rings. The van der Waals surface area contributed by atoms with Crippen LogP contribution in [0.15, 0.2) is 65.5 Å². The maximum atomic E-state index is 13.7. The quantitative estimate of drug-likeness (QED) is 0.177. The fraction of sp³-hybridized carbons (Fsp3) is 0.538. The van der Waals surface area contributed by atoms with E-state index >= 15 is 0 Å². The molecular formula is C52H63ClN10O6. The molecular weight excluding hydrogens is 896 g/mol. The molecule has 69 heavy (non-hydrogen) atoms. The number of nitrogens with one attached hydrogen (secondary N) is 2. The Morgan fingerprint density at radius 3 is 2.22 bits per heavy atom. The van der Waals surface area contributed by atoms with E-state index in [1.807, 2.05) is 18.2 Å². The number of piperazine rings is 1. The van der Waals surface area contributed by atoms with E-state index in [9.17, 15) is 29.2 Å². The number of hydrogen-bond acceptors (Lipinski definition) is 12. The molecule has 5 fully saturated rings. The van der Waals surface area contributed by atoms with E-state index in [1.54, 1.807) is 30.3 Å². The predicted octanol–water partition coefficient (Wildman–Crippen LogP) is 5.22. The molecule has 3 aromatic carbocycles. The standard InChI is InChI=1S/C52H63ClN10O6/c1-51(2)49(52(3,4)50(51)69-39-11-9-37(31-54)41(53)30-39)56-45(65)35-7-5-33(6-8-35)15-20-59-25-27-60(28-26-59)32-34-16-21-62(22-17-34)47(67)36-18-23-61(24-19-36)38-10-12-42-40(29-38)48(68)63(58-57-42)43-13-14-44(64)55-46(43)66/h5-12,29-30,34,36,43,49-50H,13-28,32H2,1-4H3,(H,56,65)(H,55,64,66). The molecule has 1 aliphatic carbocycles. The van der Waals surface area contributed by atoms with Gasteiger partial charge in [-0.1, -0.05) is 56.6 Å². The van der Waals surface area contributed by atoms with Crippen molar-refractivity contribution in [3.8, 4) is 11.8 Å². The average Bonchev–Trinajstić information content (AvgIpc) is 3.35. The first kappa shape index (κ1) is 48.1. The van der Waals surface area contributed by atoms with Crippen LogP contribution in [0.2, 0.25) is 5.02 Å². The molecule has 17 heteroatoms. The molecule has 1 aromatic heterocycles. The van der Waals surface area contributed by atoms with Crippen molar-refractivity contribution in [2.75, 3.05) is 70.3 Å². The zero-order valence-corrected chi connectivity index (χ0v) is 40.8. The molecule has 364 valence electrons. The minimum Gasteiger partial charge on any atom is -0.489 e. The summed E-state index contributed by atoms with van der Waals surface area (Å²) in [6.07, 6.45) is 4.63. The second kappa shape index (κ2) is 19.8. The normalized spacial score (nSPS) is 23.5. The maximum Gasteiger partial charge on any atom is 0.278 e. The average molecular weight is 960 g/mol. The van der Waals surface area contributed by atoms with Gasteiger partial charge in [0.05, 0.1) is 16.0 Å². The second-order valence-electron chi connectivity index (χ2n) is 20.9. The summed E-state index contributed by atoms with van der Waals surface area (Å²) < 4.78 is 7.48. The van der Waals surface area contributed by atoms with Gasteiger partial charge in [-0.25, -0.2) is 0 Å². The van der Waals surface area contributed by atoms with Crippen LogP contribution in [0.25, 0.3) is 10.9 Å². The summed E-state index contributed by atoms with van der Waals surface area (Å²) in [4.78, 5) is 74.2. The third-order valence-corrected chi connectivity index (χ3v) is 16.0. The van der Waals surface area contributed by atoms with Gasteiger partial charge in [-0.2, -0.15) is 9.94 Å². The maximum absolute atomic E-state index is 13.7. The Hall–Kier alpha value is -5.89. The highest BCUT2D eigenvalue weighted by atomic mass is 35.5. The van der Waals surface area contributed by atoms with Gasteiger partial charge in [0.15, 0.2) is 0 Å². The van der Waals surface area contributed by atoms with E-state index in [1.165, 1.54) is 5.56 Å². The van der Waals surface area contributed by atoms with Crippen molar-refractivity contribution in [1.82, 2.24) is 40.3 Å². The summed E-state index contributed by atoms with van der Waals surface area (Å²) in [7, 11) is 0. The van der Waals surface area contributed by atoms with Crippen molar-refractivity contribution in [2.45, 2.75) is 90.8 Å². The zero-order valence-electron chi connectivity index (χ0n) is 40.1. The number of ether oxygens (including phenoxy) is 1. The molecule has 2 N–H and O–H groups in total. The lowest BCUT2D eigenvalue weighted by molar-refractivity contribution is -0.164. The predicted molar refractivity (Wildman–Crippen MR) is 262 cm³/mol. The van der Waals surface area contributed by atoms with Crippen LogP contribution in [0, 0.1) is 34.0 Å². The topological polar surface area (TPSA) is 186 Å². The van der Waals surface area contributed by atoms with Crippen LogP contribution in [-0.4, -0.2) is 131 Å². The van der Waals surface area contributed by atoms with Crippen LogP contribution < -0.4 is 25.8 Å². The number of amides is 4. The number of benzene rings is 3. The van der Waals surface area contributed by atoms with Crippen LogP contribution >= 0.6 is 11.6 Å². The van der Waals surface area contributed by atoms with Crippen molar-refractivity contribution in [1.29, 1.82) is 5.26 Å². The van der Waals surface area contributed by atoms with Crippen LogP contribution in [0.3, 0.4) is 0 Å². The number of anilines is 1. The van der Waals surface area contributed by atoms with E-state index in [4.69, 9.17) is 16.3 Å². The van der Waals surface area contributed by atoms with E-state index in [0.29, 0.717) is 51.8 Å². The molecule has 5 heterocycles. The smallest absolute Gasteiger partial charge is 0.278 e.